The molecule has 2 aliphatic carbocycles. The van der Waals surface area contributed by atoms with E-state index in [4.69, 9.17) is 0 Å². The largest absolute Gasteiger partial charge is 0.103 e. The molecule has 0 aliphatic heterocycles. The number of rotatable bonds is 8. The predicted molar refractivity (Wildman–Crippen MR) is 131 cm³/mol. The molecule has 0 saturated heterocycles. The van der Waals surface area contributed by atoms with Gasteiger partial charge in [-0.1, -0.05) is 111 Å². The van der Waals surface area contributed by atoms with Gasteiger partial charge in [-0.05, 0) is 41.5 Å². The van der Waals surface area contributed by atoms with Gasteiger partial charge in [0, 0.05) is 11.1 Å². The SMILES string of the molecule is C=CCC[Si](CC)(C1C(CC)=Cc2ccccc21)C1C(CC)=Cc2ccccc21. The molecular formula is C28H34Si. The normalized spacial score (nSPS) is 21.8. The first kappa shape index (κ1) is 20.2. The lowest BCUT2D eigenvalue weighted by atomic mass is 10.1. The second kappa shape index (κ2) is 8.32. The number of allylic oxidation sites excluding steroid dienone is 3. The van der Waals surface area contributed by atoms with Crippen LogP contribution >= 0.6 is 0 Å². The summed E-state index contributed by atoms with van der Waals surface area (Å²) in [6.07, 6.45) is 10.6. The molecule has 1 heteroatoms. The van der Waals surface area contributed by atoms with Crippen LogP contribution in [0.1, 0.15) is 73.4 Å². The van der Waals surface area contributed by atoms with Crippen LogP contribution < -0.4 is 0 Å². The van der Waals surface area contributed by atoms with Crippen molar-refractivity contribution in [1.82, 2.24) is 0 Å². The Kier molecular flexibility index (Phi) is 5.78. The average Bonchev–Trinajstić information content (AvgIpc) is 3.34. The fourth-order valence-electron chi connectivity index (χ4n) is 6.16. The summed E-state index contributed by atoms with van der Waals surface area (Å²) < 4.78 is 0. The van der Waals surface area contributed by atoms with Gasteiger partial charge in [0.05, 0.1) is 8.07 Å². The topological polar surface area (TPSA) is 0 Å². The van der Waals surface area contributed by atoms with E-state index < -0.39 is 8.07 Å². The number of benzene rings is 2. The minimum atomic E-state index is -1.80. The summed E-state index contributed by atoms with van der Waals surface area (Å²) in [4.78, 5) is 0. The molecule has 2 atom stereocenters. The molecule has 2 aromatic carbocycles. The Hall–Kier alpha value is -2.12. The minimum absolute atomic E-state index is 0.625. The number of fused-ring (bicyclic) bond motifs is 2. The van der Waals surface area contributed by atoms with Gasteiger partial charge >= 0.3 is 0 Å². The van der Waals surface area contributed by atoms with E-state index in [1.807, 2.05) is 0 Å². The summed E-state index contributed by atoms with van der Waals surface area (Å²) in [5.41, 5.74) is 10.7. The molecule has 0 nitrogen and oxygen atoms in total. The molecule has 2 aromatic rings. The Morgan fingerprint density at radius 1 is 0.793 bits per heavy atom. The zero-order chi connectivity index (χ0) is 20.4. The Morgan fingerprint density at radius 2 is 1.28 bits per heavy atom. The van der Waals surface area contributed by atoms with Gasteiger partial charge in [0.1, 0.15) is 0 Å². The fourth-order valence-corrected chi connectivity index (χ4v) is 12.8. The number of hydrogen-bond donors (Lipinski definition) is 0. The molecule has 2 unspecified atom stereocenters. The molecule has 4 rings (SSSR count). The van der Waals surface area contributed by atoms with Crippen molar-refractivity contribution in [3.05, 3.63) is 94.6 Å². The Labute approximate surface area is 178 Å². The van der Waals surface area contributed by atoms with Gasteiger partial charge in [0.2, 0.25) is 0 Å². The van der Waals surface area contributed by atoms with E-state index in [-0.39, 0.29) is 0 Å². The Balaban J connectivity index is 1.94. The van der Waals surface area contributed by atoms with Gasteiger partial charge in [-0.3, -0.25) is 0 Å². The lowest BCUT2D eigenvalue weighted by Gasteiger charge is -2.45. The maximum atomic E-state index is 4.11. The highest BCUT2D eigenvalue weighted by molar-refractivity contribution is 6.84. The van der Waals surface area contributed by atoms with Crippen LogP contribution in [0, 0.1) is 0 Å². The van der Waals surface area contributed by atoms with Gasteiger partial charge < -0.3 is 0 Å². The molecule has 0 saturated carbocycles. The van der Waals surface area contributed by atoms with E-state index in [0.717, 1.165) is 19.3 Å². The molecule has 0 amide bonds. The van der Waals surface area contributed by atoms with Crippen LogP contribution in [0.5, 0.6) is 0 Å². The first-order valence-electron chi connectivity index (χ1n) is 11.4. The van der Waals surface area contributed by atoms with E-state index in [9.17, 15) is 0 Å². The maximum absolute atomic E-state index is 4.11. The van der Waals surface area contributed by atoms with Crippen molar-refractivity contribution < 1.29 is 0 Å². The van der Waals surface area contributed by atoms with Gasteiger partial charge in [0.15, 0.2) is 0 Å². The monoisotopic (exact) mass is 398 g/mol. The maximum Gasteiger partial charge on any atom is 0.0782 e. The average molecular weight is 399 g/mol. The van der Waals surface area contributed by atoms with Gasteiger partial charge in [-0.15, -0.1) is 6.58 Å². The predicted octanol–water partition coefficient (Wildman–Crippen LogP) is 8.29. The quantitative estimate of drug-likeness (QED) is 0.310. The zero-order valence-electron chi connectivity index (χ0n) is 18.2. The first-order chi connectivity index (χ1) is 14.2. The molecule has 0 bridgehead atoms. The lowest BCUT2D eigenvalue weighted by molar-refractivity contribution is 0.852. The van der Waals surface area contributed by atoms with Crippen molar-refractivity contribution in [1.29, 1.82) is 0 Å². The molecule has 0 radical (unpaired) electrons. The Morgan fingerprint density at radius 3 is 1.69 bits per heavy atom. The summed E-state index contributed by atoms with van der Waals surface area (Å²) in [5.74, 6) is 0. The van der Waals surface area contributed by atoms with Crippen molar-refractivity contribution in [2.45, 2.75) is 63.2 Å². The molecule has 0 aromatic heterocycles. The lowest BCUT2D eigenvalue weighted by Crippen LogP contribution is -2.48. The van der Waals surface area contributed by atoms with Crippen LogP contribution in [0.15, 0.2) is 72.3 Å². The van der Waals surface area contributed by atoms with Gasteiger partial charge in [-0.25, -0.2) is 0 Å². The molecular weight excluding hydrogens is 364 g/mol. The number of hydrogen-bond acceptors (Lipinski definition) is 0. The standard InChI is InChI=1S/C28H34Si/c1-5-9-18-29(8-4,27-21(6-2)19-23-14-10-12-16-25(23)27)28-22(7-3)20-24-15-11-13-17-26(24)28/h5,10-17,19-20,27-28H,1,6-9,18H2,2-4H3. The smallest absolute Gasteiger partial charge is 0.0782 e. The van der Waals surface area contributed by atoms with E-state index >= 15 is 0 Å². The molecule has 0 fully saturated rings. The van der Waals surface area contributed by atoms with Crippen LogP contribution in [-0.4, -0.2) is 8.07 Å². The van der Waals surface area contributed by atoms with E-state index in [1.54, 1.807) is 22.3 Å². The van der Waals surface area contributed by atoms with Crippen LogP contribution in [0.4, 0.5) is 0 Å². The van der Waals surface area contributed by atoms with Crippen LogP contribution in [0.25, 0.3) is 12.2 Å². The second-order valence-electron chi connectivity index (χ2n) is 8.68. The molecule has 2 aliphatic rings. The van der Waals surface area contributed by atoms with Crippen molar-refractivity contribution in [2.24, 2.45) is 0 Å². The van der Waals surface area contributed by atoms with Crippen LogP contribution in [0.3, 0.4) is 0 Å². The van der Waals surface area contributed by atoms with Crippen LogP contribution in [-0.2, 0) is 0 Å². The minimum Gasteiger partial charge on any atom is -0.103 e. The first-order valence-corrected chi connectivity index (χ1v) is 14.0. The summed E-state index contributed by atoms with van der Waals surface area (Å²) in [5, 5.41) is 0. The van der Waals surface area contributed by atoms with Crippen LogP contribution in [0.2, 0.25) is 12.1 Å². The molecule has 29 heavy (non-hydrogen) atoms. The van der Waals surface area contributed by atoms with Crippen molar-refractivity contribution in [3.8, 4) is 0 Å². The summed E-state index contributed by atoms with van der Waals surface area (Å²) in [6, 6.07) is 21.0. The van der Waals surface area contributed by atoms with Crippen molar-refractivity contribution in [2.75, 3.05) is 0 Å². The Bertz CT molecular complexity index is 892. The third kappa shape index (κ3) is 3.20. The summed E-state index contributed by atoms with van der Waals surface area (Å²) >= 11 is 0. The highest BCUT2D eigenvalue weighted by atomic mass is 28.3. The van der Waals surface area contributed by atoms with Crippen molar-refractivity contribution in [3.63, 3.8) is 0 Å². The highest BCUT2D eigenvalue weighted by Crippen LogP contribution is 2.56. The van der Waals surface area contributed by atoms with E-state index in [2.05, 4.69) is 94.1 Å². The molecule has 150 valence electrons. The molecule has 0 N–H and O–H groups in total. The van der Waals surface area contributed by atoms with E-state index in [1.165, 1.54) is 23.2 Å². The zero-order valence-corrected chi connectivity index (χ0v) is 19.2. The highest BCUT2D eigenvalue weighted by Gasteiger charge is 2.51. The van der Waals surface area contributed by atoms with Gasteiger partial charge in [0.25, 0.3) is 0 Å². The van der Waals surface area contributed by atoms with Gasteiger partial charge in [-0.2, -0.15) is 0 Å². The molecule has 0 heterocycles. The van der Waals surface area contributed by atoms with E-state index in [0.29, 0.717) is 11.1 Å². The fraction of sp³-hybridized carbons (Fsp3) is 0.357. The second-order valence-corrected chi connectivity index (χ2v) is 13.5. The molecule has 0 spiro atoms. The summed E-state index contributed by atoms with van der Waals surface area (Å²) in [6.45, 7) is 11.3. The third-order valence-corrected chi connectivity index (χ3v) is 13.7. The van der Waals surface area contributed by atoms with Crippen molar-refractivity contribution >= 4 is 20.2 Å². The third-order valence-electron chi connectivity index (χ3n) is 7.48. The summed E-state index contributed by atoms with van der Waals surface area (Å²) in [7, 11) is -1.80.